The van der Waals surface area contributed by atoms with Gasteiger partial charge in [0.2, 0.25) is 0 Å². The minimum atomic E-state index is -0.223. The van der Waals surface area contributed by atoms with Gasteiger partial charge in [0.05, 0.1) is 41.8 Å². The van der Waals surface area contributed by atoms with Gasteiger partial charge in [-0.15, -0.1) is 0 Å². The van der Waals surface area contributed by atoms with E-state index in [1.165, 1.54) is 0 Å². The van der Waals surface area contributed by atoms with Crippen molar-refractivity contribution in [2.45, 2.75) is 13.5 Å². The van der Waals surface area contributed by atoms with E-state index in [1.807, 2.05) is 59.4 Å². The second-order valence-electron chi connectivity index (χ2n) is 8.98. The van der Waals surface area contributed by atoms with Crippen LogP contribution in [0.15, 0.2) is 72.9 Å². The molecule has 0 saturated heterocycles. The Kier molecular flexibility index (Phi) is 7.85. The van der Waals surface area contributed by atoms with Gasteiger partial charge in [0.25, 0.3) is 5.91 Å². The number of rotatable bonds is 7. The zero-order chi connectivity index (χ0) is 27.7. The highest BCUT2D eigenvalue weighted by atomic mass is 127. The molecule has 2 heterocycles. The van der Waals surface area contributed by atoms with Crippen molar-refractivity contribution in [2.24, 2.45) is 7.05 Å². The van der Waals surface area contributed by atoms with Gasteiger partial charge in [-0.1, -0.05) is 29.8 Å². The third-order valence-corrected chi connectivity index (χ3v) is 8.96. The van der Waals surface area contributed by atoms with Crippen LogP contribution in [0.2, 0.25) is 5.02 Å². The first kappa shape index (κ1) is 27.1. The molecule has 0 aliphatic heterocycles. The topological polar surface area (TPSA) is 83.9 Å². The number of fused-ring (bicyclic) bond motifs is 1. The van der Waals surface area contributed by atoms with E-state index in [4.69, 9.17) is 11.6 Å². The molecule has 0 fully saturated rings. The van der Waals surface area contributed by atoms with E-state index < -0.39 is 0 Å². The molecule has 5 aromatic rings. The molecule has 0 aliphatic rings. The first-order valence-electron chi connectivity index (χ1n) is 11.9. The van der Waals surface area contributed by atoms with Crippen LogP contribution in [-0.2, 0) is 13.6 Å². The Morgan fingerprint density at radius 2 is 1.97 bits per heavy atom. The maximum absolute atomic E-state index is 14.3. The van der Waals surface area contributed by atoms with Crippen LogP contribution in [0, 0.1) is 18.3 Å². The van der Waals surface area contributed by atoms with Crippen molar-refractivity contribution in [1.82, 2.24) is 14.1 Å². The second-order valence-corrected chi connectivity index (χ2v) is 11.5. The van der Waals surface area contributed by atoms with Crippen molar-refractivity contribution < 1.29 is 9.59 Å². The Balaban J connectivity index is 1.64. The van der Waals surface area contributed by atoms with Gasteiger partial charge >= 0.3 is 0 Å². The number of aldehydes is 1. The molecule has 10 heteroatoms. The Labute approximate surface area is 245 Å². The average molecular weight is 666 g/mol. The van der Waals surface area contributed by atoms with E-state index in [2.05, 4.69) is 33.2 Å². The van der Waals surface area contributed by atoms with Crippen molar-refractivity contribution in [2.75, 3.05) is 4.90 Å². The number of anilines is 1. The van der Waals surface area contributed by atoms with E-state index in [1.54, 1.807) is 41.4 Å². The van der Waals surface area contributed by atoms with Gasteiger partial charge in [-0.25, -0.2) is 4.45 Å². The highest BCUT2D eigenvalue weighted by molar-refractivity contribution is 14.2. The fraction of sp³-hybridized carbons (Fsp3) is 0.103. The molecule has 2 aromatic heterocycles. The van der Waals surface area contributed by atoms with Crippen molar-refractivity contribution in [1.29, 1.82) is 5.26 Å². The molecule has 5 rings (SSSR count). The van der Waals surface area contributed by atoms with E-state index in [0.717, 1.165) is 28.4 Å². The van der Waals surface area contributed by atoms with Crippen LogP contribution in [0.5, 0.6) is 0 Å². The van der Waals surface area contributed by atoms with Gasteiger partial charge in [-0.2, -0.15) is 10.4 Å². The third kappa shape index (κ3) is 5.10. The summed E-state index contributed by atoms with van der Waals surface area (Å²) in [5.41, 5.74) is 6.00. The summed E-state index contributed by atoms with van der Waals surface area (Å²) in [5.74, 6) is -0.223. The summed E-state index contributed by atoms with van der Waals surface area (Å²) < 4.78 is 3.81. The zero-order valence-electron chi connectivity index (χ0n) is 21.0. The molecule has 3 aromatic carbocycles. The van der Waals surface area contributed by atoms with Gasteiger partial charge in [-0.3, -0.25) is 9.59 Å². The number of nitriles is 1. The van der Waals surface area contributed by atoms with Crippen LogP contribution in [0.3, 0.4) is 0 Å². The number of benzene rings is 3. The maximum atomic E-state index is 14.3. The van der Waals surface area contributed by atoms with Crippen molar-refractivity contribution in [3.63, 3.8) is 0 Å². The molecule has 0 N–H and O–H groups in total. The minimum Gasteiger partial charge on any atom is -0.347 e. The predicted molar refractivity (Wildman–Crippen MR) is 165 cm³/mol. The summed E-state index contributed by atoms with van der Waals surface area (Å²) in [7, 11) is 1.86. The summed E-state index contributed by atoms with van der Waals surface area (Å²) in [6.45, 7) is 2.08. The summed E-state index contributed by atoms with van der Waals surface area (Å²) in [4.78, 5) is 27.8. The molecule has 0 saturated carbocycles. The Hall–Kier alpha value is -3.51. The Bertz CT molecular complexity index is 1790. The van der Waals surface area contributed by atoms with Crippen molar-refractivity contribution in [3.8, 4) is 17.3 Å². The normalized spacial score (nSPS) is 11.3. The van der Waals surface area contributed by atoms with Crippen LogP contribution in [0.25, 0.3) is 22.2 Å². The number of hydrogen-bond donors (Lipinski definition) is 0. The summed E-state index contributed by atoms with van der Waals surface area (Å²) in [6, 6.07) is 22.2. The highest BCUT2D eigenvalue weighted by Crippen LogP contribution is 2.34. The largest absolute Gasteiger partial charge is 0.347 e. The number of nitrogens with zero attached hydrogens (tertiary/aromatic N) is 5. The van der Waals surface area contributed by atoms with Crippen LogP contribution < -0.4 is 4.90 Å². The summed E-state index contributed by atoms with van der Waals surface area (Å²) in [6.07, 6.45) is 3.03. The number of aromatic nitrogens is 3. The standard InChI is InChI=1S/C29H22ClIN5O2P/c1-18-25(13-28(34(18)2)26-12-23(30)8-7-21(26)17-37)29(38)35(16-20-6-4-3-5-19(20)14-32)24-9-10-27-22(11-24)15-33-36(27)39-31/h3-13,15,17,39H,16H2,1-2H3. The first-order chi connectivity index (χ1) is 18.9. The molecule has 1 unspecified atom stereocenters. The number of halogens is 2. The highest BCUT2D eigenvalue weighted by Gasteiger charge is 2.25. The molecule has 194 valence electrons. The third-order valence-electron chi connectivity index (χ3n) is 6.84. The molecular weight excluding hydrogens is 644 g/mol. The predicted octanol–water partition coefficient (Wildman–Crippen LogP) is 7.33. The average Bonchev–Trinajstić information content (AvgIpc) is 3.51. The fourth-order valence-electron chi connectivity index (χ4n) is 4.65. The lowest BCUT2D eigenvalue weighted by Gasteiger charge is -2.24. The fourth-order valence-corrected chi connectivity index (χ4v) is 6.37. The quantitative estimate of drug-likeness (QED) is 0.104. The summed E-state index contributed by atoms with van der Waals surface area (Å²) in [5, 5.41) is 15.6. The maximum Gasteiger partial charge on any atom is 0.260 e. The van der Waals surface area contributed by atoms with Crippen LogP contribution in [0.4, 0.5) is 5.69 Å². The Morgan fingerprint density at radius 3 is 2.72 bits per heavy atom. The van der Waals surface area contributed by atoms with Gasteiger partial charge in [0, 0.05) is 45.7 Å². The molecule has 0 radical (unpaired) electrons. The van der Waals surface area contributed by atoms with Crippen molar-refractivity contribution in [3.05, 3.63) is 106 Å². The second kappa shape index (κ2) is 11.3. The van der Waals surface area contributed by atoms with Gasteiger partial charge in [-0.05, 0) is 83.1 Å². The smallest absolute Gasteiger partial charge is 0.260 e. The molecule has 0 aliphatic carbocycles. The molecule has 39 heavy (non-hydrogen) atoms. The SMILES string of the molecule is Cc1c(C(=O)N(Cc2ccccc2C#N)c2ccc3c(cnn3PI)c2)cc(-c2cc(Cl)ccc2C=O)n1C. The number of hydrogen-bond acceptors (Lipinski definition) is 4. The molecule has 7 nitrogen and oxygen atoms in total. The van der Waals surface area contributed by atoms with Crippen LogP contribution in [-0.4, -0.2) is 26.3 Å². The lowest BCUT2D eigenvalue weighted by Crippen LogP contribution is -2.31. The zero-order valence-corrected chi connectivity index (χ0v) is 24.9. The number of carbonyl (C=O) groups is 2. The number of carbonyl (C=O) groups excluding carboxylic acids is 2. The molecule has 1 amide bonds. The van der Waals surface area contributed by atoms with Crippen LogP contribution >= 0.6 is 40.0 Å². The summed E-state index contributed by atoms with van der Waals surface area (Å²) >= 11 is 8.54. The van der Waals surface area contributed by atoms with Gasteiger partial charge in [0.15, 0.2) is 6.29 Å². The monoisotopic (exact) mass is 665 g/mol. The van der Waals surface area contributed by atoms with E-state index in [0.29, 0.717) is 45.0 Å². The van der Waals surface area contributed by atoms with E-state index >= 15 is 0 Å². The Morgan fingerprint density at radius 1 is 1.18 bits per heavy atom. The van der Waals surface area contributed by atoms with Gasteiger partial charge in [0.1, 0.15) is 0 Å². The van der Waals surface area contributed by atoms with E-state index in [9.17, 15) is 14.9 Å². The van der Waals surface area contributed by atoms with Crippen molar-refractivity contribution >= 4 is 68.8 Å². The first-order valence-corrected chi connectivity index (χ1v) is 16.4. The molecular formula is C29H22ClIN5O2P. The van der Waals surface area contributed by atoms with E-state index in [-0.39, 0.29) is 12.5 Å². The lowest BCUT2D eigenvalue weighted by molar-refractivity contribution is 0.0984. The molecule has 1 atom stereocenters. The lowest BCUT2D eigenvalue weighted by atomic mass is 10.0. The molecule has 0 bridgehead atoms. The minimum absolute atomic E-state index is 0.205. The van der Waals surface area contributed by atoms with Crippen LogP contribution in [0.1, 0.15) is 37.5 Å². The van der Waals surface area contributed by atoms with Gasteiger partial charge < -0.3 is 9.47 Å². The number of amides is 1. The molecule has 0 spiro atoms.